The van der Waals surface area contributed by atoms with Crippen molar-refractivity contribution in [1.82, 2.24) is 0 Å². The summed E-state index contributed by atoms with van der Waals surface area (Å²) in [6.45, 7) is 7.59. The van der Waals surface area contributed by atoms with Crippen molar-refractivity contribution in [2.75, 3.05) is 0 Å². The average Bonchev–Trinajstić information content (AvgIpc) is 2.96. The van der Waals surface area contributed by atoms with E-state index in [0.717, 1.165) is 18.6 Å². The summed E-state index contributed by atoms with van der Waals surface area (Å²) in [4.78, 5) is 11.9. The molecular weight excluding hydrogens is 488 g/mol. The number of ether oxygens (including phenoxy) is 1. The zero-order valence-electron chi connectivity index (χ0n) is 26.8. The van der Waals surface area contributed by atoms with Gasteiger partial charge in [0.05, 0.1) is 0 Å². The second-order valence-corrected chi connectivity index (χ2v) is 12.5. The fourth-order valence-electron chi connectivity index (χ4n) is 5.96. The minimum Gasteiger partial charge on any atom is -0.430 e. The van der Waals surface area contributed by atoms with Crippen molar-refractivity contribution in [3.63, 3.8) is 0 Å². The number of carbonyl (C=O) groups excluding carboxylic acids is 1. The van der Waals surface area contributed by atoms with E-state index in [4.69, 9.17) is 4.74 Å². The van der Waals surface area contributed by atoms with E-state index in [1.165, 1.54) is 180 Å². The summed E-state index contributed by atoms with van der Waals surface area (Å²) in [5.74, 6) is 1.06. The molecule has 232 valence electrons. The van der Waals surface area contributed by atoms with Gasteiger partial charge >= 0.3 is 5.97 Å². The summed E-state index contributed by atoms with van der Waals surface area (Å²) in [5.41, 5.74) is 0. The van der Waals surface area contributed by atoms with Crippen LogP contribution in [0.15, 0.2) is 37.1 Å². The Morgan fingerprint density at radius 1 is 0.450 bits per heavy atom. The summed E-state index contributed by atoms with van der Waals surface area (Å²) >= 11 is 0. The van der Waals surface area contributed by atoms with Crippen LogP contribution in [0.25, 0.3) is 0 Å². The van der Waals surface area contributed by atoms with E-state index >= 15 is 0 Å². The Bertz CT molecular complexity index is 619. The minimum absolute atomic E-state index is 0.0136. The third-order valence-electron chi connectivity index (χ3n) is 8.71. The second kappa shape index (κ2) is 29.2. The van der Waals surface area contributed by atoms with Gasteiger partial charge in [0.25, 0.3) is 0 Å². The molecule has 1 rings (SSSR count). The van der Waals surface area contributed by atoms with Gasteiger partial charge in [0, 0.05) is 0 Å². The van der Waals surface area contributed by atoms with Crippen molar-refractivity contribution >= 4 is 5.97 Å². The number of cyclic esters (lactones) is 1. The van der Waals surface area contributed by atoms with Crippen molar-refractivity contribution < 1.29 is 9.53 Å². The molecule has 40 heavy (non-hydrogen) atoms. The molecule has 1 fully saturated rings. The first kappa shape index (κ1) is 36.7. The topological polar surface area (TPSA) is 26.3 Å². The number of unbranched alkanes of at least 4 members (excludes halogenated alkanes) is 27. The quantitative estimate of drug-likeness (QED) is 0.0468. The van der Waals surface area contributed by atoms with Gasteiger partial charge in [-0.1, -0.05) is 160 Å². The Labute approximate surface area is 250 Å². The second-order valence-electron chi connectivity index (χ2n) is 12.5. The normalized spacial score (nSPS) is 15.8. The van der Waals surface area contributed by atoms with Gasteiger partial charge in [0.1, 0.15) is 11.7 Å². The first-order chi connectivity index (χ1) is 19.8. The summed E-state index contributed by atoms with van der Waals surface area (Å²) in [7, 11) is 0. The van der Waals surface area contributed by atoms with Crippen LogP contribution in [0.1, 0.15) is 193 Å². The van der Waals surface area contributed by atoms with E-state index in [2.05, 4.69) is 19.2 Å². The standard InChI is InChI=1S/C38H68O2/c1-3-5-7-9-11-13-15-17-19-21-23-25-27-29-31-33-35-37-36(38(39)40-37)34-32-30-28-26-24-22-20-18-16-14-12-10-8-6-4-2/h3-4,35-36H,1-2,5-34H2/b37-35+. The molecule has 0 saturated carbocycles. The van der Waals surface area contributed by atoms with Crippen LogP contribution in [0.5, 0.6) is 0 Å². The first-order valence-electron chi connectivity index (χ1n) is 17.9. The molecule has 1 aliphatic heterocycles. The molecule has 1 heterocycles. The Morgan fingerprint density at radius 2 is 0.750 bits per heavy atom. The number of rotatable bonds is 32. The van der Waals surface area contributed by atoms with Gasteiger partial charge in [-0.3, -0.25) is 4.79 Å². The minimum atomic E-state index is 0.0136. The fourth-order valence-corrected chi connectivity index (χ4v) is 5.96. The highest BCUT2D eigenvalue weighted by Gasteiger charge is 2.36. The molecule has 1 atom stereocenters. The maximum Gasteiger partial charge on any atom is 0.321 e. The van der Waals surface area contributed by atoms with Crippen LogP contribution in [-0.4, -0.2) is 5.97 Å². The van der Waals surface area contributed by atoms with E-state index in [-0.39, 0.29) is 11.9 Å². The summed E-state index contributed by atoms with van der Waals surface area (Å²) < 4.78 is 5.37. The maximum absolute atomic E-state index is 11.9. The van der Waals surface area contributed by atoms with E-state index in [1.807, 2.05) is 12.2 Å². The Morgan fingerprint density at radius 3 is 1.07 bits per heavy atom. The molecule has 2 nitrogen and oxygen atoms in total. The Kier molecular flexibility index (Phi) is 26.8. The molecule has 0 aromatic carbocycles. The molecule has 1 saturated heterocycles. The van der Waals surface area contributed by atoms with Crippen molar-refractivity contribution in [2.24, 2.45) is 5.92 Å². The lowest BCUT2D eigenvalue weighted by molar-refractivity contribution is -0.157. The van der Waals surface area contributed by atoms with Gasteiger partial charge in [-0.25, -0.2) is 0 Å². The number of hydrogen-bond donors (Lipinski definition) is 0. The van der Waals surface area contributed by atoms with Gasteiger partial charge < -0.3 is 4.74 Å². The van der Waals surface area contributed by atoms with Crippen LogP contribution in [0.4, 0.5) is 0 Å². The predicted octanol–water partition coefficient (Wildman–Crippen LogP) is 13.1. The lowest BCUT2D eigenvalue weighted by Gasteiger charge is -2.28. The molecule has 1 aliphatic rings. The van der Waals surface area contributed by atoms with Crippen molar-refractivity contribution in [1.29, 1.82) is 0 Å². The number of allylic oxidation sites excluding steroid dienone is 3. The first-order valence-corrected chi connectivity index (χ1v) is 17.9. The summed E-state index contributed by atoms with van der Waals surface area (Å²) in [5, 5.41) is 0. The lowest BCUT2D eigenvalue weighted by atomic mass is 9.93. The van der Waals surface area contributed by atoms with E-state index in [1.54, 1.807) is 0 Å². The third kappa shape index (κ3) is 22.4. The van der Waals surface area contributed by atoms with Crippen molar-refractivity contribution in [2.45, 2.75) is 193 Å². The maximum atomic E-state index is 11.9. The van der Waals surface area contributed by atoms with Crippen LogP contribution < -0.4 is 0 Å². The number of esters is 1. The van der Waals surface area contributed by atoms with Gasteiger partial charge in [-0.2, -0.15) is 0 Å². The van der Waals surface area contributed by atoms with Gasteiger partial charge in [0.2, 0.25) is 0 Å². The zero-order chi connectivity index (χ0) is 28.8. The van der Waals surface area contributed by atoms with Gasteiger partial charge in [-0.15, -0.1) is 13.2 Å². The molecule has 0 aromatic rings. The van der Waals surface area contributed by atoms with E-state index < -0.39 is 0 Å². The highest BCUT2D eigenvalue weighted by Crippen LogP contribution is 2.32. The highest BCUT2D eigenvalue weighted by atomic mass is 16.6. The average molecular weight is 557 g/mol. The lowest BCUT2D eigenvalue weighted by Crippen LogP contribution is -2.32. The highest BCUT2D eigenvalue weighted by molar-refractivity contribution is 5.82. The van der Waals surface area contributed by atoms with Crippen LogP contribution in [0.3, 0.4) is 0 Å². The van der Waals surface area contributed by atoms with Crippen LogP contribution in [0.2, 0.25) is 0 Å². The number of carbonyl (C=O) groups is 1. The van der Waals surface area contributed by atoms with Crippen molar-refractivity contribution in [3.05, 3.63) is 37.1 Å². The van der Waals surface area contributed by atoms with Crippen LogP contribution in [-0.2, 0) is 9.53 Å². The molecule has 0 amide bonds. The molecular formula is C38H68O2. The molecule has 0 N–H and O–H groups in total. The molecule has 0 radical (unpaired) electrons. The largest absolute Gasteiger partial charge is 0.430 e. The van der Waals surface area contributed by atoms with E-state index in [9.17, 15) is 4.79 Å². The molecule has 0 bridgehead atoms. The molecule has 0 spiro atoms. The smallest absolute Gasteiger partial charge is 0.321 e. The molecule has 1 unspecified atom stereocenters. The Hall–Kier alpha value is -1.31. The predicted molar refractivity (Wildman–Crippen MR) is 177 cm³/mol. The van der Waals surface area contributed by atoms with E-state index in [0.29, 0.717) is 0 Å². The molecule has 0 aromatic heterocycles. The zero-order valence-corrected chi connectivity index (χ0v) is 26.8. The molecule has 0 aliphatic carbocycles. The summed E-state index contributed by atoms with van der Waals surface area (Å²) in [6, 6.07) is 0. The van der Waals surface area contributed by atoms with Crippen molar-refractivity contribution in [3.8, 4) is 0 Å². The fraction of sp³-hybridized carbons (Fsp3) is 0.816. The third-order valence-corrected chi connectivity index (χ3v) is 8.71. The van der Waals surface area contributed by atoms with Crippen LogP contribution >= 0.6 is 0 Å². The van der Waals surface area contributed by atoms with Gasteiger partial charge in [0.15, 0.2) is 0 Å². The monoisotopic (exact) mass is 557 g/mol. The number of hydrogen-bond acceptors (Lipinski definition) is 2. The Balaban J connectivity index is 1.84. The van der Waals surface area contributed by atoms with Gasteiger partial charge in [-0.05, 0) is 51.0 Å². The molecule has 2 heteroatoms. The SMILES string of the molecule is C=CCCCCCCCCCCCCCCC/C=C1/OC(=O)C1CCCCCCCCCCCCCCCC=C. The van der Waals surface area contributed by atoms with Crippen LogP contribution in [0, 0.1) is 5.92 Å². The summed E-state index contributed by atoms with van der Waals surface area (Å²) in [6.07, 6.45) is 46.2.